The van der Waals surface area contributed by atoms with E-state index in [-0.39, 0.29) is 6.54 Å². The fraction of sp³-hybridized carbons (Fsp3) is 0.889. The third-order valence-electron chi connectivity index (χ3n) is 2.35. The van der Waals surface area contributed by atoms with E-state index in [1.54, 1.807) is 0 Å². The van der Waals surface area contributed by atoms with Gasteiger partial charge in [0.1, 0.15) is 24.4 Å². The second-order valence-corrected chi connectivity index (χ2v) is 3.73. The highest BCUT2D eigenvalue weighted by atomic mass is 16.4. The monoisotopic (exact) mass is 252 g/mol. The first kappa shape index (κ1) is 16.1. The number of rotatable bonds is 6. The van der Waals surface area contributed by atoms with Gasteiger partial charge in [-0.1, -0.05) is 0 Å². The minimum absolute atomic E-state index is 0.226. The minimum Gasteiger partial charge on any atom is -0.394 e. The van der Waals surface area contributed by atoms with E-state index in [2.05, 4.69) is 5.32 Å². The van der Waals surface area contributed by atoms with Gasteiger partial charge in [0.05, 0.1) is 13.2 Å². The van der Waals surface area contributed by atoms with Gasteiger partial charge in [0, 0.05) is 14.1 Å². The van der Waals surface area contributed by atoms with Crippen molar-refractivity contribution in [3.8, 4) is 0 Å². The molecule has 8 heteroatoms. The molecule has 0 bridgehead atoms. The largest absolute Gasteiger partial charge is 0.394 e. The van der Waals surface area contributed by atoms with Crippen LogP contribution in [0, 0.1) is 0 Å². The quantitative estimate of drug-likeness (QED) is 0.293. The van der Waals surface area contributed by atoms with E-state index in [1.807, 2.05) is 0 Å². The third-order valence-corrected chi connectivity index (χ3v) is 2.35. The smallest absolute Gasteiger partial charge is 0.316 e. The van der Waals surface area contributed by atoms with Gasteiger partial charge >= 0.3 is 6.03 Å². The molecule has 0 rings (SSSR count). The summed E-state index contributed by atoms with van der Waals surface area (Å²) in [5, 5.41) is 48.3. The van der Waals surface area contributed by atoms with Crippen LogP contribution < -0.4 is 5.32 Å². The maximum absolute atomic E-state index is 11.1. The fourth-order valence-corrected chi connectivity index (χ4v) is 1.23. The molecule has 0 spiro atoms. The molecule has 0 saturated heterocycles. The number of carbonyl (C=O) groups excluding carboxylic acids is 1. The van der Waals surface area contributed by atoms with Crippen molar-refractivity contribution in [2.24, 2.45) is 0 Å². The van der Waals surface area contributed by atoms with E-state index in [0.29, 0.717) is 0 Å². The van der Waals surface area contributed by atoms with E-state index in [9.17, 15) is 20.1 Å². The predicted molar refractivity (Wildman–Crippen MR) is 58.2 cm³/mol. The Morgan fingerprint density at radius 1 is 1.18 bits per heavy atom. The van der Waals surface area contributed by atoms with Crippen LogP contribution in [0.15, 0.2) is 0 Å². The number of aliphatic hydroxyl groups excluding tert-OH is 5. The van der Waals surface area contributed by atoms with Crippen molar-refractivity contribution in [1.29, 1.82) is 0 Å². The number of aliphatic hydroxyl groups is 5. The Bertz CT molecular complexity index is 240. The van der Waals surface area contributed by atoms with Crippen LogP contribution in [0.2, 0.25) is 0 Å². The SMILES string of the molecule is CNC(=O)N(C)C[C@H](O)[C@@H](O)[C@H](O)[C@H](O)CO. The van der Waals surface area contributed by atoms with Crippen LogP contribution >= 0.6 is 0 Å². The van der Waals surface area contributed by atoms with Crippen LogP contribution in [-0.2, 0) is 0 Å². The summed E-state index contributed by atoms with van der Waals surface area (Å²) in [7, 11) is 2.80. The molecule has 4 atom stereocenters. The maximum Gasteiger partial charge on any atom is 0.316 e. The van der Waals surface area contributed by atoms with Gasteiger partial charge in [-0.2, -0.15) is 0 Å². The molecule has 0 aliphatic carbocycles. The van der Waals surface area contributed by atoms with Crippen LogP contribution in [0.1, 0.15) is 0 Å². The molecule has 0 aromatic heterocycles. The number of hydrogen-bond donors (Lipinski definition) is 6. The van der Waals surface area contributed by atoms with Gasteiger partial charge in [0.2, 0.25) is 0 Å². The van der Waals surface area contributed by atoms with Crippen LogP contribution in [0.4, 0.5) is 4.79 Å². The Balaban J connectivity index is 4.30. The van der Waals surface area contributed by atoms with E-state index >= 15 is 0 Å². The number of carbonyl (C=O) groups is 1. The van der Waals surface area contributed by atoms with Gasteiger partial charge in [-0.15, -0.1) is 0 Å². The van der Waals surface area contributed by atoms with Gasteiger partial charge in [0.15, 0.2) is 0 Å². The second-order valence-electron chi connectivity index (χ2n) is 3.73. The van der Waals surface area contributed by atoms with E-state index in [0.717, 1.165) is 4.90 Å². The molecule has 0 aromatic carbocycles. The Hall–Kier alpha value is -0.930. The topological polar surface area (TPSA) is 133 Å². The summed E-state index contributed by atoms with van der Waals surface area (Å²) in [6.07, 6.45) is -6.34. The van der Waals surface area contributed by atoms with Crippen molar-refractivity contribution in [3.63, 3.8) is 0 Å². The summed E-state index contributed by atoms with van der Waals surface area (Å²) in [5.74, 6) is 0. The lowest BCUT2D eigenvalue weighted by molar-refractivity contribution is -0.117. The zero-order chi connectivity index (χ0) is 13.6. The maximum atomic E-state index is 11.1. The Kier molecular flexibility index (Phi) is 7.00. The number of hydrogen-bond acceptors (Lipinski definition) is 6. The molecule has 0 aromatic rings. The van der Waals surface area contributed by atoms with Crippen LogP contribution in [-0.4, -0.2) is 88.1 Å². The average Bonchev–Trinajstić information content (AvgIpc) is 2.34. The van der Waals surface area contributed by atoms with E-state index in [4.69, 9.17) is 10.2 Å². The summed E-state index contributed by atoms with van der Waals surface area (Å²) in [5.41, 5.74) is 0. The standard InChI is InChI=1S/C9H20N2O6/c1-10-9(17)11(2)3-5(13)7(15)8(16)6(14)4-12/h5-8,12-16H,3-4H2,1-2H3,(H,10,17)/t5-,6+,7+,8+/m0/s1. The fourth-order valence-electron chi connectivity index (χ4n) is 1.23. The molecule has 17 heavy (non-hydrogen) atoms. The number of amides is 2. The molecule has 0 unspecified atom stereocenters. The molecule has 2 amide bonds. The van der Waals surface area contributed by atoms with Crippen molar-refractivity contribution in [1.82, 2.24) is 10.2 Å². The summed E-state index contributed by atoms with van der Waals surface area (Å²) >= 11 is 0. The summed E-state index contributed by atoms with van der Waals surface area (Å²) in [6, 6.07) is -0.464. The minimum atomic E-state index is -1.69. The van der Waals surface area contributed by atoms with Gasteiger partial charge < -0.3 is 35.7 Å². The normalized spacial score (nSPS) is 18.1. The van der Waals surface area contributed by atoms with Gasteiger partial charge in [-0.3, -0.25) is 0 Å². The highest BCUT2D eigenvalue weighted by Crippen LogP contribution is 2.06. The molecule has 0 aliphatic heterocycles. The van der Waals surface area contributed by atoms with Crippen molar-refractivity contribution in [2.75, 3.05) is 27.2 Å². The summed E-state index contributed by atoms with van der Waals surface area (Å²) in [4.78, 5) is 12.2. The predicted octanol–water partition coefficient (Wildman–Crippen LogP) is -3.31. The first-order chi connectivity index (χ1) is 7.84. The molecule has 0 aliphatic rings. The first-order valence-electron chi connectivity index (χ1n) is 5.11. The highest BCUT2D eigenvalue weighted by molar-refractivity contribution is 5.73. The molecule has 8 nitrogen and oxygen atoms in total. The van der Waals surface area contributed by atoms with E-state index in [1.165, 1.54) is 14.1 Å². The first-order valence-corrected chi connectivity index (χ1v) is 5.11. The van der Waals surface area contributed by atoms with Crippen molar-refractivity contribution in [2.45, 2.75) is 24.4 Å². The van der Waals surface area contributed by atoms with Crippen molar-refractivity contribution < 1.29 is 30.3 Å². The average molecular weight is 252 g/mol. The molecule has 0 saturated carbocycles. The Morgan fingerprint density at radius 2 is 1.65 bits per heavy atom. The molecule has 6 N–H and O–H groups in total. The van der Waals surface area contributed by atoms with Crippen LogP contribution in [0.25, 0.3) is 0 Å². The number of nitrogens with zero attached hydrogens (tertiary/aromatic N) is 1. The second kappa shape index (κ2) is 7.41. The molecule has 102 valence electrons. The van der Waals surface area contributed by atoms with Gasteiger partial charge in [-0.05, 0) is 0 Å². The number of likely N-dealkylation sites (N-methyl/N-ethyl adjacent to an activating group) is 1. The number of nitrogens with one attached hydrogen (secondary N) is 1. The van der Waals surface area contributed by atoms with Gasteiger partial charge in [0.25, 0.3) is 0 Å². The highest BCUT2D eigenvalue weighted by Gasteiger charge is 2.31. The molecular weight excluding hydrogens is 232 g/mol. The summed E-state index contributed by atoms with van der Waals surface area (Å²) < 4.78 is 0. The number of urea groups is 1. The molecular formula is C9H20N2O6. The molecule has 0 radical (unpaired) electrons. The van der Waals surface area contributed by atoms with Crippen molar-refractivity contribution >= 4 is 6.03 Å². The van der Waals surface area contributed by atoms with Crippen LogP contribution in [0.5, 0.6) is 0 Å². The third kappa shape index (κ3) is 4.84. The van der Waals surface area contributed by atoms with Gasteiger partial charge in [-0.25, -0.2) is 4.79 Å². The lowest BCUT2D eigenvalue weighted by Gasteiger charge is -2.28. The van der Waals surface area contributed by atoms with Crippen molar-refractivity contribution in [3.05, 3.63) is 0 Å². The van der Waals surface area contributed by atoms with Crippen LogP contribution in [0.3, 0.4) is 0 Å². The Labute approximate surface area is 99.1 Å². The zero-order valence-electron chi connectivity index (χ0n) is 9.82. The Morgan fingerprint density at radius 3 is 2.06 bits per heavy atom. The molecule has 0 fully saturated rings. The zero-order valence-corrected chi connectivity index (χ0v) is 9.82. The van der Waals surface area contributed by atoms with E-state index < -0.39 is 37.1 Å². The lowest BCUT2D eigenvalue weighted by atomic mass is 10.0. The summed E-state index contributed by atoms with van der Waals surface area (Å²) in [6.45, 7) is -0.966. The molecule has 0 heterocycles. The lowest BCUT2D eigenvalue weighted by Crippen LogP contribution is -2.50.